The van der Waals surface area contributed by atoms with Gasteiger partial charge >= 0.3 is 0 Å². The Morgan fingerprint density at radius 2 is 1.04 bits per heavy atom. The molecule has 0 atom stereocenters. The fourth-order valence-corrected chi connectivity index (χ4v) is 9.45. The number of benzene rings is 7. The molecule has 0 fully saturated rings. The lowest BCUT2D eigenvalue weighted by molar-refractivity contribution is 0.631. The molecular weight excluding hydrogens is 677 g/mol. The predicted octanol–water partition coefficient (Wildman–Crippen LogP) is 15.0. The molecule has 0 N–H and O–H groups in total. The second-order valence-electron chi connectivity index (χ2n) is 16.5. The van der Waals surface area contributed by atoms with Crippen molar-refractivity contribution in [2.45, 2.75) is 51.4 Å². The minimum atomic E-state index is -0.239. The Hall–Kier alpha value is -6.38. The first-order chi connectivity index (χ1) is 27.3. The van der Waals surface area contributed by atoms with Gasteiger partial charge in [-0.15, -0.1) is 0 Å². The molecule has 0 spiro atoms. The minimum absolute atomic E-state index is 0.0842. The number of allylic oxidation sites excluding steroid dienone is 4. The lowest BCUT2D eigenvalue weighted by atomic mass is 9.73. The van der Waals surface area contributed by atoms with Crippen LogP contribution in [-0.4, -0.2) is 0 Å². The van der Waals surface area contributed by atoms with Crippen LogP contribution in [0, 0.1) is 0 Å². The lowest BCUT2D eigenvalue weighted by Crippen LogP contribution is -2.31. The van der Waals surface area contributed by atoms with Gasteiger partial charge in [-0.05, 0) is 129 Å². The summed E-state index contributed by atoms with van der Waals surface area (Å²) in [6.07, 6.45) is 9.10. The average Bonchev–Trinajstić information content (AvgIpc) is 3.48. The third-order valence-electron chi connectivity index (χ3n) is 12.5. The van der Waals surface area contributed by atoms with E-state index in [0.717, 1.165) is 29.9 Å². The minimum Gasteiger partial charge on any atom is -0.310 e. The van der Waals surface area contributed by atoms with Gasteiger partial charge < -0.3 is 9.80 Å². The highest BCUT2D eigenvalue weighted by molar-refractivity contribution is 5.91. The number of para-hydroxylation sites is 1. The van der Waals surface area contributed by atoms with Crippen LogP contribution in [0.5, 0.6) is 0 Å². The molecule has 0 bridgehead atoms. The molecule has 1 aliphatic heterocycles. The first-order valence-electron chi connectivity index (χ1n) is 20.0. The van der Waals surface area contributed by atoms with Crippen LogP contribution in [0.1, 0.15) is 68.4 Å². The van der Waals surface area contributed by atoms with Gasteiger partial charge in [-0.25, -0.2) is 0 Å². The normalized spacial score (nSPS) is 15.6. The monoisotopic (exact) mass is 722 g/mol. The van der Waals surface area contributed by atoms with Crippen LogP contribution in [0.4, 0.5) is 34.1 Å². The van der Waals surface area contributed by atoms with Crippen molar-refractivity contribution in [1.29, 1.82) is 0 Å². The van der Waals surface area contributed by atoms with Crippen LogP contribution in [0.3, 0.4) is 0 Å². The zero-order valence-electron chi connectivity index (χ0n) is 32.6. The zero-order valence-corrected chi connectivity index (χ0v) is 32.6. The average molecular weight is 723 g/mol. The van der Waals surface area contributed by atoms with E-state index in [2.05, 4.69) is 220 Å². The molecule has 56 heavy (non-hydrogen) atoms. The molecule has 0 saturated carbocycles. The Bertz CT molecular complexity index is 2680. The summed E-state index contributed by atoms with van der Waals surface area (Å²) in [7, 11) is 0. The van der Waals surface area contributed by atoms with Gasteiger partial charge in [0.1, 0.15) is 0 Å². The summed E-state index contributed by atoms with van der Waals surface area (Å²) in [6, 6.07) is 60.9. The third kappa shape index (κ3) is 5.46. The summed E-state index contributed by atoms with van der Waals surface area (Å²) >= 11 is 0. The first-order valence-corrected chi connectivity index (χ1v) is 20.0. The van der Waals surface area contributed by atoms with Crippen molar-refractivity contribution >= 4 is 39.7 Å². The largest absolute Gasteiger partial charge is 0.310 e. The highest BCUT2D eigenvalue weighted by Crippen LogP contribution is 2.55. The van der Waals surface area contributed by atoms with Gasteiger partial charge in [-0.1, -0.05) is 149 Å². The van der Waals surface area contributed by atoms with Crippen LogP contribution in [0.2, 0.25) is 0 Å². The van der Waals surface area contributed by atoms with E-state index in [9.17, 15) is 0 Å². The van der Waals surface area contributed by atoms with Gasteiger partial charge in [-0.3, -0.25) is 0 Å². The summed E-state index contributed by atoms with van der Waals surface area (Å²) in [5, 5.41) is 0. The zero-order chi connectivity index (χ0) is 38.0. The van der Waals surface area contributed by atoms with E-state index >= 15 is 0 Å². The topological polar surface area (TPSA) is 6.48 Å². The molecule has 2 heteroatoms. The second kappa shape index (κ2) is 13.1. The van der Waals surface area contributed by atoms with Crippen molar-refractivity contribution in [3.63, 3.8) is 0 Å². The highest BCUT2D eigenvalue weighted by Gasteiger charge is 2.39. The molecule has 7 aromatic rings. The van der Waals surface area contributed by atoms with Crippen LogP contribution >= 0.6 is 0 Å². The number of anilines is 6. The fourth-order valence-electron chi connectivity index (χ4n) is 9.45. The third-order valence-corrected chi connectivity index (χ3v) is 12.5. The van der Waals surface area contributed by atoms with Gasteiger partial charge in [-0.2, -0.15) is 0 Å². The molecule has 0 radical (unpaired) electrons. The van der Waals surface area contributed by atoms with Crippen LogP contribution < -0.4 is 9.80 Å². The number of hydrogen-bond donors (Lipinski definition) is 0. The molecule has 0 unspecified atom stereocenters. The SMILES string of the molecule is CC1(C)c2ccccc2-c2ccc(N3c4ccccc4C(C)(C)c4cc(N(c5ccc(C6=CCCC=C6)cc5)c5ccc(-c6ccccc6)cc5)ccc43)cc21. The van der Waals surface area contributed by atoms with E-state index in [4.69, 9.17) is 0 Å². The summed E-state index contributed by atoms with van der Waals surface area (Å²) in [4.78, 5) is 4.91. The van der Waals surface area contributed by atoms with Crippen molar-refractivity contribution in [2.75, 3.05) is 9.80 Å². The number of rotatable bonds is 6. The summed E-state index contributed by atoms with van der Waals surface area (Å²) in [6.45, 7) is 9.50. The van der Waals surface area contributed by atoms with Crippen molar-refractivity contribution in [3.05, 3.63) is 210 Å². The Morgan fingerprint density at radius 3 is 1.77 bits per heavy atom. The van der Waals surface area contributed by atoms with E-state index in [1.54, 1.807) is 0 Å². The quantitative estimate of drug-likeness (QED) is 0.169. The predicted molar refractivity (Wildman–Crippen MR) is 237 cm³/mol. The number of nitrogens with zero attached hydrogens (tertiary/aromatic N) is 2. The fraction of sp³-hybridized carbons (Fsp3) is 0.148. The smallest absolute Gasteiger partial charge is 0.0504 e. The van der Waals surface area contributed by atoms with Crippen LogP contribution in [0.25, 0.3) is 27.8 Å². The van der Waals surface area contributed by atoms with Gasteiger partial charge in [0, 0.05) is 33.6 Å². The molecule has 2 aliphatic carbocycles. The summed E-state index contributed by atoms with van der Waals surface area (Å²) < 4.78 is 0. The number of fused-ring (bicyclic) bond motifs is 5. The molecule has 7 aromatic carbocycles. The van der Waals surface area contributed by atoms with Crippen LogP contribution in [0.15, 0.2) is 182 Å². The molecule has 3 aliphatic rings. The standard InChI is InChI=1S/C54H46N2/c1-53(2)47-20-12-11-19-45(47)46-33-31-44(35-49(46)53)56-51-22-14-13-21-48(51)54(3,4)50-36-43(32-34-52(50)56)55(41-27-23-39(24-28-41)37-15-7-5-8-16-37)42-29-25-40(26-30-42)38-17-9-6-10-18-38/h5,7-9,11-36H,6,10H2,1-4H3. The first kappa shape index (κ1) is 34.1. The molecule has 0 saturated heterocycles. The lowest BCUT2D eigenvalue weighted by Gasteiger charge is -2.43. The Labute approximate surface area is 331 Å². The molecule has 1 heterocycles. The van der Waals surface area contributed by atoms with E-state index < -0.39 is 0 Å². The molecule has 0 aromatic heterocycles. The Kier molecular flexibility index (Phi) is 8.01. The Balaban J connectivity index is 1.12. The van der Waals surface area contributed by atoms with Gasteiger partial charge in [0.05, 0.1) is 11.4 Å². The molecule has 10 rings (SSSR count). The molecule has 272 valence electrons. The summed E-state index contributed by atoms with van der Waals surface area (Å²) in [5.41, 5.74) is 19.8. The van der Waals surface area contributed by atoms with E-state index in [0.29, 0.717) is 0 Å². The van der Waals surface area contributed by atoms with Gasteiger partial charge in [0.25, 0.3) is 0 Å². The maximum atomic E-state index is 2.50. The molecule has 0 amide bonds. The summed E-state index contributed by atoms with van der Waals surface area (Å²) in [5.74, 6) is 0. The van der Waals surface area contributed by atoms with E-state index in [1.807, 2.05) is 0 Å². The maximum Gasteiger partial charge on any atom is 0.0504 e. The molecular formula is C54H46N2. The highest BCUT2D eigenvalue weighted by atomic mass is 15.2. The molecule has 2 nitrogen and oxygen atoms in total. The van der Waals surface area contributed by atoms with Crippen molar-refractivity contribution < 1.29 is 0 Å². The maximum absolute atomic E-state index is 2.50. The van der Waals surface area contributed by atoms with E-state index in [-0.39, 0.29) is 10.8 Å². The van der Waals surface area contributed by atoms with Gasteiger partial charge in [0.15, 0.2) is 0 Å². The van der Waals surface area contributed by atoms with Crippen LogP contribution in [-0.2, 0) is 10.8 Å². The van der Waals surface area contributed by atoms with Crippen molar-refractivity contribution in [1.82, 2.24) is 0 Å². The van der Waals surface area contributed by atoms with Crippen molar-refractivity contribution in [2.24, 2.45) is 0 Å². The Morgan fingerprint density at radius 1 is 0.446 bits per heavy atom. The second-order valence-corrected chi connectivity index (χ2v) is 16.5. The van der Waals surface area contributed by atoms with Gasteiger partial charge in [0.2, 0.25) is 0 Å². The van der Waals surface area contributed by atoms with Crippen molar-refractivity contribution in [3.8, 4) is 22.3 Å². The van der Waals surface area contributed by atoms with E-state index in [1.165, 1.54) is 72.7 Å². The number of hydrogen-bond acceptors (Lipinski definition) is 2.